The number of hydrogen-bond donors (Lipinski definition) is 3. The fourth-order valence-corrected chi connectivity index (χ4v) is 2.24. The number of carbonyl (C=O) groups is 3. The average Bonchev–Trinajstić information content (AvgIpc) is 3.32. The van der Waals surface area contributed by atoms with Crippen LogP contribution in [0, 0.1) is 0 Å². The molecule has 0 unspecified atom stereocenters. The lowest BCUT2D eigenvalue weighted by molar-refractivity contribution is -0.141. The molecular formula is C17H17ClN4O4. The molecule has 1 heterocycles. The van der Waals surface area contributed by atoms with Crippen molar-refractivity contribution in [1.29, 1.82) is 0 Å². The lowest BCUT2D eigenvalue weighted by atomic mass is 10.2. The predicted molar refractivity (Wildman–Crippen MR) is 92.7 cm³/mol. The minimum Gasteiger partial charge on any atom is -0.441 e. The number of hydrazine groups is 1. The van der Waals surface area contributed by atoms with Crippen LogP contribution in [0.25, 0.3) is 11.3 Å². The van der Waals surface area contributed by atoms with Gasteiger partial charge < -0.3 is 9.73 Å². The zero-order chi connectivity index (χ0) is 18.5. The Kier molecular flexibility index (Phi) is 5.52. The first-order valence-electron chi connectivity index (χ1n) is 8.11. The SMILES string of the molecule is O=C(CCc1ncc(-c2ccc(Cl)cc2)o1)NNC(=O)C(=O)NC1CC1. The molecule has 0 radical (unpaired) electrons. The van der Waals surface area contributed by atoms with E-state index in [4.69, 9.17) is 16.0 Å². The first-order valence-corrected chi connectivity index (χ1v) is 8.49. The van der Waals surface area contributed by atoms with Gasteiger partial charge in [-0.15, -0.1) is 0 Å². The average molecular weight is 377 g/mol. The summed E-state index contributed by atoms with van der Waals surface area (Å²) in [5, 5.41) is 3.14. The standard InChI is InChI=1S/C17H17ClN4O4/c18-11-3-1-10(2-4-11)13-9-19-15(26-13)8-7-14(23)21-22-17(25)16(24)20-12-5-6-12/h1-4,9,12H,5-8H2,(H,20,24)(H,21,23)(H,22,25). The van der Waals surface area contributed by atoms with Crippen molar-refractivity contribution in [2.75, 3.05) is 0 Å². The topological polar surface area (TPSA) is 113 Å². The maximum Gasteiger partial charge on any atom is 0.327 e. The van der Waals surface area contributed by atoms with Crippen LogP contribution in [0.2, 0.25) is 5.02 Å². The van der Waals surface area contributed by atoms with Crippen LogP contribution >= 0.6 is 11.6 Å². The fraction of sp³-hybridized carbons (Fsp3) is 0.294. The molecule has 9 heteroatoms. The predicted octanol–water partition coefficient (Wildman–Crippen LogP) is 1.35. The number of aromatic nitrogens is 1. The lowest BCUT2D eigenvalue weighted by Gasteiger charge is -2.06. The number of benzene rings is 1. The van der Waals surface area contributed by atoms with Crippen LogP contribution in [-0.2, 0) is 20.8 Å². The van der Waals surface area contributed by atoms with Crippen LogP contribution < -0.4 is 16.2 Å². The molecule has 1 saturated carbocycles. The second-order valence-corrected chi connectivity index (χ2v) is 6.31. The van der Waals surface area contributed by atoms with Gasteiger partial charge in [0.05, 0.1) is 6.20 Å². The summed E-state index contributed by atoms with van der Waals surface area (Å²) >= 11 is 5.84. The summed E-state index contributed by atoms with van der Waals surface area (Å²) in [6.45, 7) is 0. The van der Waals surface area contributed by atoms with E-state index in [9.17, 15) is 14.4 Å². The van der Waals surface area contributed by atoms with Gasteiger partial charge in [-0.05, 0) is 37.1 Å². The Bertz CT molecular complexity index is 814. The highest BCUT2D eigenvalue weighted by atomic mass is 35.5. The number of halogens is 1. The molecule has 2 aromatic rings. The third kappa shape index (κ3) is 5.06. The summed E-state index contributed by atoms with van der Waals surface area (Å²) < 4.78 is 5.59. The molecule has 3 N–H and O–H groups in total. The van der Waals surface area contributed by atoms with Crippen molar-refractivity contribution in [2.45, 2.75) is 31.7 Å². The van der Waals surface area contributed by atoms with E-state index >= 15 is 0 Å². The molecule has 0 saturated heterocycles. The Morgan fingerprint density at radius 3 is 2.54 bits per heavy atom. The second-order valence-electron chi connectivity index (χ2n) is 5.88. The Hall–Kier alpha value is -2.87. The summed E-state index contributed by atoms with van der Waals surface area (Å²) in [5.74, 6) is -1.15. The van der Waals surface area contributed by atoms with Crippen LogP contribution in [0.5, 0.6) is 0 Å². The highest BCUT2D eigenvalue weighted by Crippen LogP contribution is 2.22. The van der Waals surface area contributed by atoms with Gasteiger partial charge in [-0.25, -0.2) is 4.98 Å². The molecule has 136 valence electrons. The van der Waals surface area contributed by atoms with E-state index in [1.165, 1.54) is 0 Å². The highest BCUT2D eigenvalue weighted by molar-refractivity contribution is 6.35. The van der Waals surface area contributed by atoms with E-state index in [2.05, 4.69) is 21.2 Å². The van der Waals surface area contributed by atoms with Gasteiger partial charge in [-0.2, -0.15) is 0 Å². The number of carbonyl (C=O) groups excluding carboxylic acids is 3. The molecule has 1 aliphatic rings. The molecule has 26 heavy (non-hydrogen) atoms. The molecule has 0 aliphatic heterocycles. The lowest BCUT2D eigenvalue weighted by Crippen LogP contribution is -2.49. The van der Waals surface area contributed by atoms with Crippen molar-refractivity contribution in [3.63, 3.8) is 0 Å². The van der Waals surface area contributed by atoms with Gasteiger partial charge >= 0.3 is 11.8 Å². The van der Waals surface area contributed by atoms with E-state index < -0.39 is 17.7 Å². The van der Waals surface area contributed by atoms with Gasteiger partial charge in [0.2, 0.25) is 5.91 Å². The van der Waals surface area contributed by atoms with Crippen LogP contribution in [0.1, 0.15) is 25.2 Å². The van der Waals surface area contributed by atoms with E-state index in [1.54, 1.807) is 18.3 Å². The molecule has 1 aromatic carbocycles. The van der Waals surface area contributed by atoms with Gasteiger partial charge in [0.1, 0.15) is 0 Å². The highest BCUT2D eigenvalue weighted by Gasteiger charge is 2.26. The summed E-state index contributed by atoms with van der Waals surface area (Å²) in [4.78, 5) is 38.8. The Labute approximate surface area is 154 Å². The smallest absolute Gasteiger partial charge is 0.327 e. The summed E-state index contributed by atoms with van der Waals surface area (Å²) in [7, 11) is 0. The van der Waals surface area contributed by atoms with Crippen molar-refractivity contribution in [1.82, 2.24) is 21.2 Å². The van der Waals surface area contributed by atoms with E-state index in [-0.39, 0.29) is 18.9 Å². The largest absolute Gasteiger partial charge is 0.441 e. The van der Waals surface area contributed by atoms with Crippen molar-refractivity contribution in [2.24, 2.45) is 0 Å². The number of oxazole rings is 1. The second kappa shape index (κ2) is 8.01. The van der Waals surface area contributed by atoms with Crippen molar-refractivity contribution in [3.05, 3.63) is 41.4 Å². The van der Waals surface area contributed by atoms with Crippen molar-refractivity contribution in [3.8, 4) is 11.3 Å². The first kappa shape index (κ1) is 17.9. The van der Waals surface area contributed by atoms with Crippen molar-refractivity contribution < 1.29 is 18.8 Å². The molecular weight excluding hydrogens is 360 g/mol. The van der Waals surface area contributed by atoms with E-state index in [0.717, 1.165) is 18.4 Å². The third-order valence-corrected chi connectivity index (χ3v) is 3.93. The minimum atomic E-state index is -0.897. The number of aryl methyl sites for hydroxylation is 1. The monoisotopic (exact) mass is 376 g/mol. The van der Waals surface area contributed by atoms with Gasteiger partial charge in [0.15, 0.2) is 11.7 Å². The van der Waals surface area contributed by atoms with Gasteiger partial charge in [0.25, 0.3) is 0 Å². The zero-order valence-electron chi connectivity index (χ0n) is 13.8. The van der Waals surface area contributed by atoms with Gasteiger partial charge in [-0.3, -0.25) is 25.2 Å². The van der Waals surface area contributed by atoms with E-state index in [1.807, 2.05) is 12.1 Å². The third-order valence-electron chi connectivity index (χ3n) is 3.68. The molecule has 0 atom stereocenters. The number of nitrogens with one attached hydrogen (secondary N) is 3. The summed E-state index contributed by atoms with van der Waals surface area (Å²) in [5.41, 5.74) is 5.09. The van der Waals surface area contributed by atoms with Crippen molar-refractivity contribution >= 4 is 29.3 Å². The normalized spacial score (nSPS) is 13.1. The molecule has 1 aliphatic carbocycles. The maximum absolute atomic E-state index is 11.8. The molecule has 1 aromatic heterocycles. The van der Waals surface area contributed by atoms with Crippen LogP contribution in [0.3, 0.4) is 0 Å². The Morgan fingerprint density at radius 2 is 1.85 bits per heavy atom. The molecule has 1 fully saturated rings. The fourth-order valence-electron chi connectivity index (χ4n) is 2.12. The van der Waals surface area contributed by atoms with E-state index in [0.29, 0.717) is 16.7 Å². The Balaban J connectivity index is 1.42. The molecule has 3 amide bonds. The number of rotatable bonds is 5. The van der Waals surface area contributed by atoms with Crippen LogP contribution in [-0.4, -0.2) is 28.7 Å². The number of nitrogens with zero attached hydrogens (tertiary/aromatic N) is 1. The Morgan fingerprint density at radius 1 is 1.12 bits per heavy atom. The maximum atomic E-state index is 11.8. The molecule has 0 bridgehead atoms. The molecule has 8 nitrogen and oxygen atoms in total. The zero-order valence-corrected chi connectivity index (χ0v) is 14.5. The van der Waals surface area contributed by atoms with Gasteiger partial charge in [0, 0.05) is 29.5 Å². The summed E-state index contributed by atoms with van der Waals surface area (Å²) in [6, 6.07) is 7.18. The summed E-state index contributed by atoms with van der Waals surface area (Å²) in [6.07, 6.45) is 3.62. The first-order chi connectivity index (χ1) is 12.5. The van der Waals surface area contributed by atoms with Crippen LogP contribution in [0.4, 0.5) is 0 Å². The minimum absolute atomic E-state index is 0.0467. The molecule has 3 rings (SSSR count). The number of amides is 3. The quantitative estimate of drug-likeness (QED) is 0.538. The number of hydrogen-bond acceptors (Lipinski definition) is 5. The van der Waals surface area contributed by atoms with Gasteiger partial charge in [-0.1, -0.05) is 11.6 Å². The molecule has 0 spiro atoms. The van der Waals surface area contributed by atoms with Crippen LogP contribution in [0.15, 0.2) is 34.9 Å².